The number of amides is 3. The van der Waals surface area contributed by atoms with E-state index in [4.69, 9.17) is 4.74 Å². The smallest absolute Gasteiger partial charge is 0.243 e. The molecule has 0 radical (unpaired) electrons. The first-order valence-electron chi connectivity index (χ1n) is 9.57. The summed E-state index contributed by atoms with van der Waals surface area (Å²) in [6, 6.07) is 14.5. The summed E-state index contributed by atoms with van der Waals surface area (Å²) in [7, 11) is 1.55. The van der Waals surface area contributed by atoms with Crippen molar-refractivity contribution in [3.63, 3.8) is 0 Å². The molecule has 0 aliphatic heterocycles. The summed E-state index contributed by atoms with van der Waals surface area (Å²) < 4.78 is 5.13. The van der Waals surface area contributed by atoms with E-state index in [1.54, 1.807) is 31.4 Å². The van der Waals surface area contributed by atoms with Gasteiger partial charge < -0.3 is 20.3 Å². The molecule has 2 N–H and O–H groups in total. The topological polar surface area (TPSA) is 87.7 Å². The zero-order chi connectivity index (χ0) is 21.9. The van der Waals surface area contributed by atoms with Crippen LogP contribution in [0.15, 0.2) is 48.5 Å². The molecule has 0 spiro atoms. The Balaban J connectivity index is 1.76. The maximum Gasteiger partial charge on any atom is 0.243 e. The number of hydrogen-bond donors (Lipinski definition) is 2. The number of likely N-dealkylation sites (N-methyl/N-ethyl adjacent to an activating group) is 1. The lowest BCUT2D eigenvalue weighted by Crippen LogP contribution is -2.39. The van der Waals surface area contributed by atoms with Crippen molar-refractivity contribution in [3.8, 4) is 5.75 Å². The Hall–Kier alpha value is -3.00. The molecule has 0 aliphatic carbocycles. The summed E-state index contributed by atoms with van der Waals surface area (Å²) in [6.07, 6.45) is 0. The van der Waals surface area contributed by atoms with Crippen LogP contribution < -0.4 is 15.4 Å². The minimum absolute atomic E-state index is 0.0529. The fourth-order valence-corrected chi connectivity index (χ4v) is 3.32. The van der Waals surface area contributed by atoms with Crippen LogP contribution in [0.3, 0.4) is 0 Å². The summed E-state index contributed by atoms with van der Waals surface area (Å²) in [5, 5.41) is 5.55. The standard InChI is InChI=1S/C22H27N3O4S/c1-4-25(13-20(26)24-18-6-5-7-19(12-18)29-3)22(28)15-30-14-21(27)23-17-10-8-16(2)9-11-17/h5-12H,4,13-15H2,1-3H3,(H,23,27)(H,24,26). The van der Waals surface area contributed by atoms with E-state index in [1.165, 1.54) is 16.7 Å². The van der Waals surface area contributed by atoms with Gasteiger partial charge in [-0.05, 0) is 38.1 Å². The van der Waals surface area contributed by atoms with Crippen LogP contribution in [0.4, 0.5) is 11.4 Å². The van der Waals surface area contributed by atoms with E-state index in [2.05, 4.69) is 10.6 Å². The van der Waals surface area contributed by atoms with Gasteiger partial charge in [0.05, 0.1) is 25.2 Å². The van der Waals surface area contributed by atoms with E-state index in [0.717, 1.165) is 11.3 Å². The lowest BCUT2D eigenvalue weighted by molar-refractivity contribution is -0.132. The molecule has 0 fully saturated rings. The summed E-state index contributed by atoms with van der Waals surface area (Å²) >= 11 is 1.22. The molecule has 0 heterocycles. The molecule has 0 aromatic heterocycles. The zero-order valence-corrected chi connectivity index (χ0v) is 18.3. The van der Waals surface area contributed by atoms with Crippen LogP contribution >= 0.6 is 11.8 Å². The Morgan fingerprint density at radius 3 is 2.33 bits per heavy atom. The number of aryl methyl sites for hydroxylation is 1. The highest BCUT2D eigenvalue weighted by molar-refractivity contribution is 8.00. The number of carbonyl (C=O) groups excluding carboxylic acids is 3. The highest BCUT2D eigenvalue weighted by Gasteiger charge is 2.16. The van der Waals surface area contributed by atoms with Crippen LogP contribution in [0.25, 0.3) is 0 Å². The van der Waals surface area contributed by atoms with Gasteiger partial charge >= 0.3 is 0 Å². The summed E-state index contributed by atoms with van der Waals surface area (Å²) in [5.74, 6) is 0.272. The van der Waals surface area contributed by atoms with Gasteiger partial charge in [0, 0.05) is 24.0 Å². The molecule has 8 heteroatoms. The third-order valence-corrected chi connectivity index (χ3v) is 5.13. The second-order valence-corrected chi connectivity index (χ2v) is 7.58. The van der Waals surface area contributed by atoms with Crippen molar-refractivity contribution in [2.75, 3.05) is 42.3 Å². The molecule has 3 amide bonds. The molecule has 0 unspecified atom stereocenters. The second kappa shape index (κ2) is 11.9. The first-order chi connectivity index (χ1) is 14.4. The Bertz CT molecular complexity index is 871. The fourth-order valence-electron chi connectivity index (χ4n) is 2.61. The van der Waals surface area contributed by atoms with Crippen LogP contribution in [0.2, 0.25) is 0 Å². The number of hydrogen-bond acceptors (Lipinski definition) is 5. The third-order valence-electron chi connectivity index (χ3n) is 4.22. The van der Waals surface area contributed by atoms with Gasteiger partial charge in [-0.3, -0.25) is 14.4 Å². The number of methoxy groups -OCH3 is 1. The van der Waals surface area contributed by atoms with E-state index >= 15 is 0 Å². The number of rotatable bonds is 10. The molecule has 0 saturated heterocycles. The Labute approximate surface area is 181 Å². The third kappa shape index (κ3) is 7.79. The maximum atomic E-state index is 12.4. The summed E-state index contributed by atoms with van der Waals surface area (Å²) in [4.78, 5) is 38.2. The molecule has 7 nitrogen and oxygen atoms in total. The van der Waals surface area contributed by atoms with Gasteiger partial charge in [-0.25, -0.2) is 0 Å². The van der Waals surface area contributed by atoms with Crippen molar-refractivity contribution >= 4 is 40.9 Å². The average Bonchev–Trinajstić information content (AvgIpc) is 2.73. The molecular formula is C22H27N3O4S. The second-order valence-electron chi connectivity index (χ2n) is 6.60. The number of nitrogens with one attached hydrogen (secondary N) is 2. The molecule has 0 bridgehead atoms. The van der Waals surface area contributed by atoms with Crippen LogP contribution in [-0.2, 0) is 14.4 Å². The number of nitrogens with zero attached hydrogens (tertiary/aromatic N) is 1. The maximum absolute atomic E-state index is 12.4. The first kappa shape index (κ1) is 23.3. The van der Waals surface area contributed by atoms with Gasteiger partial charge in [0.25, 0.3) is 0 Å². The molecule has 2 rings (SSSR count). The molecule has 0 saturated carbocycles. The van der Waals surface area contributed by atoms with E-state index in [0.29, 0.717) is 18.0 Å². The molecule has 0 atom stereocenters. The van der Waals surface area contributed by atoms with Crippen LogP contribution in [0.5, 0.6) is 5.75 Å². The largest absolute Gasteiger partial charge is 0.497 e. The van der Waals surface area contributed by atoms with Gasteiger partial charge in [0.2, 0.25) is 17.7 Å². The van der Waals surface area contributed by atoms with Crippen molar-refractivity contribution in [2.24, 2.45) is 0 Å². The zero-order valence-electron chi connectivity index (χ0n) is 17.4. The number of ether oxygens (including phenoxy) is 1. The van der Waals surface area contributed by atoms with Gasteiger partial charge in [-0.15, -0.1) is 11.8 Å². The molecule has 2 aromatic rings. The SMILES string of the molecule is CCN(CC(=O)Nc1cccc(OC)c1)C(=O)CSCC(=O)Nc1ccc(C)cc1. The average molecular weight is 430 g/mol. The van der Waals surface area contributed by atoms with E-state index < -0.39 is 0 Å². The Morgan fingerprint density at radius 2 is 1.67 bits per heavy atom. The number of carbonyl (C=O) groups is 3. The number of benzene rings is 2. The lowest BCUT2D eigenvalue weighted by atomic mass is 10.2. The summed E-state index contributed by atoms with van der Waals surface area (Å²) in [5.41, 5.74) is 2.44. The summed E-state index contributed by atoms with van der Waals surface area (Å²) in [6.45, 7) is 4.14. The van der Waals surface area contributed by atoms with E-state index in [-0.39, 0.29) is 35.8 Å². The van der Waals surface area contributed by atoms with Crippen molar-refractivity contribution in [1.82, 2.24) is 4.90 Å². The minimum atomic E-state index is -0.291. The molecule has 160 valence electrons. The van der Waals surface area contributed by atoms with Crippen molar-refractivity contribution < 1.29 is 19.1 Å². The number of anilines is 2. The van der Waals surface area contributed by atoms with Crippen molar-refractivity contribution in [1.29, 1.82) is 0 Å². The Morgan fingerprint density at radius 1 is 0.967 bits per heavy atom. The normalized spacial score (nSPS) is 10.2. The highest BCUT2D eigenvalue weighted by Crippen LogP contribution is 2.16. The lowest BCUT2D eigenvalue weighted by Gasteiger charge is -2.20. The predicted molar refractivity (Wildman–Crippen MR) is 121 cm³/mol. The van der Waals surface area contributed by atoms with E-state index in [9.17, 15) is 14.4 Å². The van der Waals surface area contributed by atoms with Gasteiger partial charge in [-0.2, -0.15) is 0 Å². The monoisotopic (exact) mass is 429 g/mol. The van der Waals surface area contributed by atoms with Crippen molar-refractivity contribution in [2.45, 2.75) is 13.8 Å². The predicted octanol–water partition coefficient (Wildman–Crippen LogP) is 3.16. The fraction of sp³-hybridized carbons (Fsp3) is 0.318. The van der Waals surface area contributed by atoms with Gasteiger partial charge in [0.1, 0.15) is 5.75 Å². The highest BCUT2D eigenvalue weighted by atomic mass is 32.2. The van der Waals surface area contributed by atoms with Gasteiger partial charge in [0.15, 0.2) is 0 Å². The minimum Gasteiger partial charge on any atom is -0.497 e. The number of thioether (sulfide) groups is 1. The first-order valence-corrected chi connectivity index (χ1v) is 10.7. The molecule has 30 heavy (non-hydrogen) atoms. The van der Waals surface area contributed by atoms with Crippen molar-refractivity contribution in [3.05, 3.63) is 54.1 Å². The van der Waals surface area contributed by atoms with Crippen LogP contribution in [0.1, 0.15) is 12.5 Å². The van der Waals surface area contributed by atoms with E-state index in [1.807, 2.05) is 38.1 Å². The molecular weight excluding hydrogens is 402 g/mol. The quantitative estimate of drug-likeness (QED) is 0.606. The van der Waals surface area contributed by atoms with Crippen LogP contribution in [-0.4, -0.2) is 54.3 Å². The molecule has 0 aliphatic rings. The van der Waals surface area contributed by atoms with Crippen LogP contribution in [0, 0.1) is 6.92 Å². The Kier molecular flexibility index (Phi) is 9.21. The molecule has 2 aromatic carbocycles. The van der Waals surface area contributed by atoms with Gasteiger partial charge in [-0.1, -0.05) is 23.8 Å².